The summed E-state index contributed by atoms with van der Waals surface area (Å²) in [5.74, 6) is 2.99. The molecule has 0 spiro atoms. The number of aliphatic hydroxyl groups excluding tert-OH is 1. The van der Waals surface area contributed by atoms with Gasteiger partial charge in [-0.2, -0.15) is 0 Å². The second-order valence-corrected chi connectivity index (χ2v) is 13.0. The molecule has 6 nitrogen and oxygen atoms in total. The molecule has 1 amide bonds. The van der Waals surface area contributed by atoms with Gasteiger partial charge in [0, 0.05) is 12.8 Å². The number of rotatable bonds is 9. The van der Waals surface area contributed by atoms with Gasteiger partial charge < -0.3 is 15.5 Å². The molecule has 0 aliphatic heterocycles. The summed E-state index contributed by atoms with van der Waals surface area (Å²) in [5.41, 5.74) is 0.743. The predicted molar refractivity (Wildman–Crippen MR) is 134 cm³/mol. The topological polar surface area (TPSA) is 104 Å². The first-order valence-corrected chi connectivity index (χ1v) is 14.2. The number of aliphatic hydroxyl groups is 1. The number of carboxylic acid groups (broad SMARTS) is 1. The first-order valence-electron chi connectivity index (χ1n) is 14.2. The summed E-state index contributed by atoms with van der Waals surface area (Å²) in [6.45, 7) is 7.37. The van der Waals surface area contributed by atoms with Crippen LogP contribution in [0.15, 0.2) is 0 Å². The van der Waals surface area contributed by atoms with Gasteiger partial charge in [-0.05, 0) is 117 Å². The van der Waals surface area contributed by atoms with Gasteiger partial charge in [-0.3, -0.25) is 14.4 Å². The Morgan fingerprint density at radius 3 is 2.40 bits per heavy atom. The maximum Gasteiger partial charge on any atom is 0.303 e. The molecule has 0 aromatic heterocycles. The number of fused-ring (bicyclic) bond motifs is 5. The van der Waals surface area contributed by atoms with Crippen LogP contribution in [0.4, 0.5) is 0 Å². The van der Waals surface area contributed by atoms with Gasteiger partial charge in [0.05, 0.1) is 12.1 Å². The van der Waals surface area contributed by atoms with E-state index in [1.54, 1.807) is 6.29 Å². The number of hydrogen-bond acceptors (Lipinski definition) is 4. The molecule has 0 bridgehead atoms. The minimum absolute atomic E-state index is 0.0871. The van der Waals surface area contributed by atoms with E-state index < -0.39 is 12.0 Å². The largest absolute Gasteiger partial charge is 0.481 e. The smallest absolute Gasteiger partial charge is 0.303 e. The van der Waals surface area contributed by atoms with Gasteiger partial charge in [0.15, 0.2) is 0 Å². The Labute approximate surface area is 211 Å². The third-order valence-corrected chi connectivity index (χ3v) is 11.3. The lowest BCUT2D eigenvalue weighted by Gasteiger charge is -2.61. The van der Waals surface area contributed by atoms with Gasteiger partial charge in [-0.1, -0.05) is 20.8 Å². The number of nitrogens with one attached hydrogen (secondary N) is 1. The van der Waals surface area contributed by atoms with Gasteiger partial charge in [0.1, 0.15) is 0 Å². The van der Waals surface area contributed by atoms with Crippen LogP contribution in [0.3, 0.4) is 0 Å². The summed E-state index contributed by atoms with van der Waals surface area (Å²) in [6, 6.07) is -0.838. The molecule has 197 valence electrons. The number of carbonyl (C=O) groups excluding carboxylic acids is 2. The molecule has 4 unspecified atom stereocenters. The van der Waals surface area contributed by atoms with Crippen molar-refractivity contribution in [2.24, 2.45) is 46.3 Å². The highest BCUT2D eigenvalue weighted by molar-refractivity contribution is 5.80. The zero-order valence-electron chi connectivity index (χ0n) is 21.9. The fourth-order valence-corrected chi connectivity index (χ4v) is 9.47. The molecule has 3 N–H and O–H groups in total. The van der Waals surface area contributed by atoms with E-state index in [1.807, 2.05) is 0 Å². The molecule has 0 aromatic rings. The maximum absolute atomic E-state index is 12.5. The van der Waals surface area contributed by atoms with Crippen LogP contribution in [0.5, 0.6) is 0 Å². The molecule has 0 aromatic carbocycles. The van der Waals surface area contributed by atoms with Crippen molar-refractivity contribution in [2.45, 2.75) is 116 Å². The van der Waals surface area contributed by atoms with Crippen LogP contribution < -0.4 is 5.32 Å². The van der Waals surface area contributed by atoms with Crippen LogP contribution in [0.25, 0.3) is 0 Å². The monoisotopic (exact) mass is 488 g/mol. The SMILES string of the molecule is C[C@H](CCC(=O)N[C@H]([C]=O)CCC(=O)O)[C@H]1CCC2C3CCC4C[C@H](O)CC[C@]4(C)C3CC[C@@]21C. The molecule has 1 radical (unpaired) electrons. The maximum atomic E-state index is 12.5. The zero-order valence-corrected chi connectivity index (χ0v) is 21.9. The number of carbonyl (C=O) groups is 2. The summed E-state index contributed by atoms with van der Waals surface area (Å²) < 4.78 is 0. The summed E-state index contributed by atoms with van der Waals surface area (Å²) in [6.07, 6.45) is 13.7. The van der Waals surface area contributed by atoms with E-state index >= 15 is 0 Å². The third kappa shape index (κ3) is 5.19. The highest BCUT2D eigenvalue weighted by atomic mass is 16.4. The van der Waals surface area contributed by atoms with Crippen LogP contribution in [-0.4, -0.2) is 40.5 Å². The van der Waals surface area contributed by atoms with Crippen molar-refractivity contribution in [2.75, 3.05) is 0 Å². The van der Waals surface area contributed by atoms with E-state index in [0.29, 0.717) is 35.0 Å². The van der Waals surface area contributed by atoms with Gasteiger partial charge >= 0.3 is 5.97 Å². The second kappa shape index (κ2) is 10.5. The first-order chi connectivity index (χ1) is 16.6. The van der Waals surface area contributed by atoms with Crippen molar-refractivity contribution in [1.82, 2.24) is 5.32 Å². The molecule has 4 aliphatic carbocycles. The van der Waals surface area contributed by atoms with Crippen LogP contribution in [0, 0.1) is 46.3 Å². The first kappa shape index (κ1) is 26.6. The van der Waals surface area contributed by atoms with Gasteiger partial charge in [0.2, 0.25) is 12.2 Å². The van der Waals surface area contributed by atoms with E-state index in [9.17, 15) is 19.5 Å². The van der Waals surface area contributed by atoms with Crippen molar-refractivity contribution < 1.29 is 24.6 Å². The second-order valence-electron chi connectivity index (χ2n) is 13.0. The van der Waals surface area contributed by atoms with E-state index in [2.05, 4.69) is 26.1 Å². The Morgan fingerprint density at radius 2 is 1.69 bits per heavy atom. The molecule has 4 saturated carbocycles. The molecule has 4 rings (SSSR count). The van der Waals surface area contributed by atoms with Crippen LogP contribution >= 0.6 is 0 Å². The zero-order chi connectivity index (χ0) is 25.4. The molecule has 0 heterocycles. The van der Waals surface area contributed by atoms with Crippen molar-refractivity contribution in [1.29, 1.82) is 0 Å². The Hall–Kier alpha value is -1.43. The minimum atomic E-state index is -0.976. The third-order valence-electron chi connectivity index (χ3n) is 11.3. The highest BCUT2D eigenvalue weighted by Crippen LogP contribution is 2.68. The highest BCUT2D eigenvalue weighted by Gasteiger charge is 2.60. The van der Waals surface area contributed by atoms with E-state index in [4.69, 9.17) is 5.11 Å². The molecule has 4 fully saturated rings. The predicted octanol–water partition coefficient (Wildman–Crippen LogP) is 4.88. The van der Waals surface area contributed by atoms with Gasteiger partial charge in [-0.25, -0.2) is 0 Å². The Kier molecular flexibility index (Phi) is 8.00. The summed E-state index contributed by atoms with van der Waals surface area (Å²) >= 11 is 0. The van der Waals surface area contributed by atoms with E-state index in [1.165, 1.54) is 44.9 Å². The van der Waals surface area contributed by atoms with Crippen LogP contribution in [0.1, 0.15) is 104 Å². The molecular weight excluding hydrogens is 442 g/mol. The average molecular weight is 489 g/mol. The Morgan fingerprint density at radius 1 is 0.971 bits per heavy atom. The fourth-order valence-electron chi connectivity index (χ4n) is 9.47. The van der Waals surface area contributed by atoms with Gasteiger partial charge in [0.25, 0.3) is 0 Å². The fraction of sp³-hybridized carbons (Fsp3) is 0.897. The van der Waals surface area contributed by atoms with Crippen molar-refractivity contribution in [3.05, 3.63) is 0 Å². The standard InChI is InChI=1S/C29H46NO5/c1-18(4-10-26(33)30-20(17-31)6-11-27(34)35)23-8-9-24-22-7-5-19-16-21(32)12-14-28(19,2)25(22)13-15-29(23,24)3/h18-25,32H,4-16H2,1-3H3,(H,30,33)(H,34,35)/t18-,19?,20+,21-,22?,23-,24?,25?,28+,29-/m1/s1. The van der Waals surface area contributed by atoms with E-state index in [-0.39, 0.29) is 24.9 Å². The van der Waals surface area contributed by atoms with Gasteiger partial charge in [-0.15, -0.1) is 0 Å². The molecule has 6 heteroatoms. The summed E-state index contributed by atoms with van der Waals surface area (Å²) in [5, 5.41) is 21.7. The number of amides is 1. The van der Waals surface area contributed by atoms with Crippen molar-refractivity contribution in [3.63, 3.8) is 0 Å². The quantitative estimate of drug-likeness (QED) is 0.429. The normalized spacial score (nSPS) is 42.2. The van der Waals surface area contributed by atoms with Crippen molar-refractivity contribution >= 4 is 18.2 Å². The summed E-state index contributed by atoms with van der Waals surface area (Å²) in [4.78, 5) is 34.3. The lowest BCUT2D eigenvalue weighted by atomic mass is 9.44. The number of aliphatic carboxylic acids is 1. The molecule has 35 heavy (non-hydrogen) atoms. The minimum Gasteiger partial charge on any atom is -0.481 e. The van der Waals surface area contributed by atoms with E-state index in [0.717, 1.165) is 37.0 Å². The summed E-state index contributed by atoms with van der Waals surface area (Å²) in [7, 11) is 0. The number of hydrogen-bond donors (Lipinski definition) is 3. The molecular formula is C29H46NO5. The Balaban J connectivity index is 1.34. The number of carboxylic acids is 1. The van der Waals surface area contributed by atoms with Crippen LogP contribution in [0.2, 0.25) is 0 Å². The molecule has 0 saturated heterocycles. The Bertz CT molecular complexity index is 800. The lowest BCUT2D eigenvalue weighted by Crippen LogP contribution is -2.54. The average Bonchev–Trinajstić information content (AvgIpc) is 3.17. The van der Waals surface area contributed by atoms with Crippen molar-refractivity contribution in [3.8, 4) is 0 Å². The lowest BCUT2D eigenvalue weighted by molar-refractivity contribution is -0.137. The van der Waals surface area contributed by atoms with Crippen LogP contribution in [-0.2, 0) is 14.4 Å². The molecule has 10 atom stereocenters. The molecule has 4 aliphatic rings.